The zero-order valence-corrected chi connectivity index (χ0v) is 9.64. The molecule has 1 aliphatic carbocycles. The van der Waals surface area contributed by atoms with Gasteiger partial charge in [-0.1, -0.05) is 38.1 Å². The Morgan fingerprint density at radius 2 is 1.94 bits per heavy atom. The van der Waals surface area contributed by atoms with Gasteiger partial charge in [-0.2, -0.15) is 0 Å². The number of ether oxygens (including phenoxy) is 1. The first-order valence-corrected chi connectivity index (χ1v) is 5.95. The van der Waals surface area contributed by atoms with Crippen molar-refractivity contribution in [2.75, 3.05) is 6.61 Å². The molecule has 0 unspecified atom stereocenters. The number of cyclic esters (lactones) is 1. The van der Waals surface area contributed by atoms with E-state index in [0.29, 0.717) is 24.4 Å². The maximum atomic E-state index is 11.8. The molecule has 1 aliphatic heterocycles. The molecular formula is C14H16O2. The summed E-state index contributed by atoms with van der Waals surface area (Å²) < 4.78 is 5.22. The Morgan fingerprint density at radius 1 is 1.25 bits per heavy atom. The number of fused-ring (bicyclic) bond motifs is 3. The van der Waals surface area contributed by atoms with Crippen LogP contribution in [-0.2, 0) is 9.53 Å². The van der Waals surface area contributed by atoms with Gasteiger partial charge in [-0.05, 0) is 17.0 Å². The van der Waals surface area contributed by atoms with Crippen molar-refractivity contribution in [2.45, 2.75) is 25.7 Å². The summed E-state index contributed by atoms with van der Waals surface area (Å²) >= 11 is 0. The standard InChI is InChI=1S/C14H16O2/c1-8(2)12-10-6-4-3-5-9(10)11-7-16-14(15)13(11)12/h3-6,8,11-13H,7H2,1-2H3/t11-,12-,13-/m1/s1. The van der Waals surface area contributed by atoms with Crippen LogP contribution in [0.4, 0.5) is 0 Å². The predicted molar refractivity (Wildman–Crippen MR) is 61.2 cm³/mol. The average Bonchev–Trinajstić information content (AvgIpc) is 2.77. The van der Waals surface area contributed by atoms with Crippen LogP contribution in [0.15, 0.2) is 24.3 Å². The number of carbonyl (C=O) groups is 1. The van der Waals surface area contributed by atoms with Crippen LogP contribution in [0.25, 0.3) is 0 Å². The second-order valence-corrected chi connectivity index (χ2v) is 5.16. The molecule has 1 fully saturated rings. The van der Waals surface area contributed by atoms with E-state index in [1.165, 1.54) is 11.1 Å². The van der Waals surface area contributed by atoms with Gasteiger partial charge in [0.2, 0.25) is 0 Å². The molecule has 2 nitrogen and oxygen atoms in total. The van der Waals surface area contributed by atoms with Crippen LogP contribution >= 0.6 is 0 Å². The molecule has 0 bridgehead atoms. The zero-order valence-electron chi connectivity index (χ0n) is 9.64. The summed E-state index contributed by atoms with van der Waals surface area (Å²) in [6.45, 7) is 4.95. The molecule has 0 spiro atoms. The third-order valence-corrected chi connectivity index (χ3v) is 3.97. The number of rotatable bonds is 1. The van der Waals surface area contributed by atoms with Gasteiger partial charge < -0.3 is 4.74 Å². The molecule has 1 aromatic carbocycles. The monoisotopic (exact) mass is 216 g/mol. The Balaban J connectivity index is 2.13. The molecule has 84 valence electrons. The Labute approximate surface area is 95.6 Å². The van der Waals surface area contributed by atoms with Gasteiger partial charge in [-0.15, -0.1) is 0 Å². The Morgan fingerprint density at radius 3 is 2.62 bits per heavy atom. The number of esters is 1. The molecule has 0 amide bonds. The summed E-state index contributed by atoms with van der Waals surface area (Å²) in [5.41, 5.74) is 2.70. The molecule has 16 heavy (non-hydrogen) atoms. The van der Waals surface area contributed by atoms with Crippen LogP contribution in [0.3, 0.4) is 0 Å². The van der Waals surface area contributed by atoms with Crippen LogP contribution in [0.1, 0.15) is 36.8 Å². The molecule has 0 aromatic heterocycles. The van der Waals surface area contributed by atoms with Crippen molar-refractivity contribution in [3.63, 3.8) is 0 Å². The number of carbonyl (C=O) groups excluding carboxylic acids is 1. The first kappa shape index (κ1) is 9.88. The first-order valence-electron chi connectivity index (χ1n) is 5.95. The smallest absolute Gasteiger partial charge is 0.310 e. The lowest BCUT2D eigenvalue weighted by Crippen LogP contribution is -2.20. The molecule has 2 aliphatic rings. The second-order valence-electron chi connectivity index (χ2n) is 5.16. The van der Waals surface area contributed by atoms with E-state index in [4.69, 9.17) is 4.74 Å². The molecule has 0 saturated carbocycles. The SMILES string of the molecule is CC(C)[C@@H]1c2ccccc2[C@H]2COC(=O)[C@H]21. The Hall–Kier alpha value is -1.31. The maximum Gasteiger partial charge on any atom is 0.310 e. The van der Waals surface area contributed by atoms with Gasteiger partial charge in [-0.3, -0.25) is 4.79 Å². The van der Waals surface area contributed by atoms with Crippen molar-refractivity contribution in [1.29, 1.82) is 0 Å². The molecule has 3 atom stereocenters. The highest BCUT2D eigenvalue weighted by atomic mass is 16.5. The van der Waals surface area contributed by atoms with Crippen molar-refractivity contribution in [3.8, 4) is 0 Å². The highest BCUT2D eigenvalue weighted by Crippen LogP contribution is 2.52. The summed E-state index contributed by atoms with van der Waals surface area (Å²) in [7, 11) is 0. The van der Waals surface area contributed by atoms with Gasteiger partial charge in [0.1, 0.15) is 0 Å². The molecule has 0 radical (unpaired) electrons. The number of hydrogen-bond donors (Lipinski definition) is 0. The molecule has 2 heteroatoms. The minimum atomic E-state index is -0.0000926. The van der Waals surface area contributed by atoms with E-state index in [9.17, 15) is 4.79 Å². The minimum Gasteiger partial charge on any atom is -0.465 e. The lowest BCUT2D eigenvalue weighted by molar-refractivity contribution is -0.142. The van der Waals surface area contributed by atoms with Gasteiger partial charge >= 0.3 is 5.97 Å². The summed E-state index contributed by atoms with van der Waals surface area (Å²) in [5.74, 6) is 1.20. The van der Waals surface area contributed by atoms with Crippen LogP contribution in [-0.4, -0.2) is 12.6 Å². The maximum absolute atomic E-state index is 11.8. The van der Waals surface area contributed by atoms with E-state index in [1.807, 2.05) is 0 Å². The van der Waals surface area contributed by atoms with Crippen LogP contribution in [0.2, 0.25) is 0 Å². The summed E-state index contributed by atoms with van der Waals surface area (Å²) in [6, 6.07) is 8.45. The van der Waals surface area contributed by atoms with E-state index in [0.717, 1.165) is 0 Å². The highest BCUT2D eigenvalue weighted by Gasteiger charge is 2.50. The van der Waals surface area contributed by atoms with Crippen LogP contribution in [0.5, 0.6) is 0 Å². The molecule has 1 aromatic rings. The summed E-state index contributed by atoms with van der Waals surface area (Å²) in [6.07, 6.45) is 0. The highest BCUT2D eigenvalue weighted by molar-refractivity contribution is 5.79. The van der Waals surface area contributed by atoms with Crippen molar-refractivity contribution in [3.05, 3.63) is 35.4 Å². The van der Waals surface area contributed by atoms with Crippen molar-refractivity contribution >= 4 is 5.97 Å². The van der Waals surface area contributed by atoms with Gasteiger partial charge in [-0.25, -0.2) is 0 Å². The van der Waals surface area contributed by atoms with Gasteiger partial charge in [0.25, 0.3) is 0 Å². The van der Waals surface area contributed by atoms with E-state index in [1.54, 1.807) is 0 Å². The van der Waals surface area contributed by atoms with E-state index in [2.05, 4.69) is 38.1 Å². The third-order valence-electron chi connectivity index (χ3n) is 3.97. The normalized spacial score (nSPS) is 31.4. The van der Waals surface area contributed by atoms with E-state index < -0.39 is 0 Å². The molecule has 3 rings (SSSR count). The topological polar surface area (TPSA) is 26.3 Å². The quantitative estimate of drug-likeness (QED) is 0.675. The minimum absolute atomic E-state index is 0.0000926. The van der Waals surface area contributed by atoms with Crippen molar-refractivity contribution < 1.29 is 9.53 Å². The van der Waals surface area contributed by atoms with Crippen molar-refractivity contribution in [1.82, 2.24) is 0 Å². The summed E-state index contributed by atoms with van der Waals surface area (Å²) in [5, 5.41) is 0. The average molecular weight is 216 g/mol. The molecule has 1 saturated heterocycles. The zero-order chi connectivity index (χ0) is 11.3. The molecule has 0 N–H and O–H groups in total. The fourth-order valence-electron chi connectivity index (χ4n) is 3.34. The van der Waals surface area contributed by atoms with Gasteiger partial charge in [0, 0.05) is 11.8 Å². The first-order chi connectivity index (χ1) is 7.70. The van der Waals surface area contributed by atoms with E-state index >= 15 is 0 Å². The number of hydrogen-bond acceptors (Lipinski definition) is 2. The van der Waals surface area contributed by atoms with E-state index in [-0.39, 0.29) is 11.9 Å². The largest absolute Gasteiger partial charge is 0.465 e. The summed E-state index contributed by atoms with van der Waals surface area (Å²) in [4.78, 5) is 11.8. The molecule has 1 heterocycles. The number of benzene rings is 1. The Bertz CT molecular complexity index is 436. The third kappa shape index (κ3) is 1.16. The van der Waals surface area contributed by atoms with Gasteiger partial charge in [0.05, 0.1) is 12.5 Å². The van der Waals surface area contributed by atoms with Crippen LogP contribution in [0, 0.1) is 11.8 Å². The predicted octanol–water partition coefficient (Wildman–Crippen LogP) is 2.70. The second kappa shape index (κ2) is 3.34. The lowest BCUT2D eigenvalue weighted by Gasteiger charge is -2.20. The fraction of sp³-hybridized carbons (Fsp3) is 0.500. The van der Waals surface area contributed by atoms with Gasteiger partial charge in [0.15, 0.2) is 0 Å². The van der Waals surface area contributed by atoms with Crippen molar-refractivity contribution in [2.24, 2.45) is 11.8 Å². The molecular weight excluding hydrogens is 200 g/mol. The Kier molecular flexibility index (Phi) is 2.06. The fourth-order valence-corrected chi connectivity index (χ4v) is 3.34. The lowest BCUT2D eigenvalue weighted by atomic mass is 9.81. The van der Waals surface area contributed by atoms with Crippen LogP contribution < -0.4 is 0 Å².